The third kappa shape index (κ3) is 6.12. The van der Waals surface area contributed by atoms with Gasteiger partial charge in [0.1, 0.15) is 5.41 Å². The van der Waals surface area contributed by atoms with Crippen molar-refractivity contribution >= 4 is 23.6 Å². The molecule has 1 fully saturated rings. The molecule has 0 spiro atoms. The zero-order valence-electron chi connectivity index (χ0n) is 19.0. The minimum Gasteiger partial charge on any atom is -0.475 e. The first-order valence-corrected chi connectivity index (χ1v) is 10.6. The minimum absolute atomic E-state index is 0.111. The summed E-state index contributed by atoms with van der Waals surface area (Å²) in [5.41, 5.74) is 4.07. The molecule has 0 bridgehead atoms. The van der Waals surface area contributed by atoms with Gasteiger partial charge >= 0.3 is 18.3 Å². The molecule has 1 amide bonds. The van der Waals surface area contributed by atoms with Crippen molar-refractivity contribution in [2.75, 3.05) is 7.05 Å². The number of carboxylic acids is 1. The van der Waals surface area contributed by atoms with Crippen LogP contribution in [0.3, 0.4) is 0 Å². The van der Waals surface area contributed by atoms with Crippen LogP contribution in [0.25, 0.3) is 0 Å². The van der Waals surface area contributed by atoms with Gasteiger partial charge in [-0.25, -0.2) is 9.79 Å². The van der Waals surface area contributed by atoms with Crippen LogP contribution in [0.1, 0.15) is 50.2 Å². The van der Waals surface area contributed by atoms with Crippen LogP contribution in [0.4, 0.5) is 26.3 Å². The SMILES string of the molecule is CCC[C@@]1(c2cccc(CC(=O)C3(C(F)(F)F)CC3)c2)CC(=O)N(C)C(N)=N1.O=C(O)C(F)(F)F. The first-order valence-electron chi connectivity index (χ1n) is 10.6. The highest BCUT2D eigenvalue weighted by atomic mass is 19.4. The Morgan fingerprint density at radius 3 is 2.17 bits per heavy atom. The maximum atomic E-state index is 13.2. The molecule has 3 rings (SSSR count). The number of aliphatic imine (C=N–C) groups is 1. The quantitative estimate of drug-likeness (QED) is 0.564. The van der Waals surface area contributed by atoms with E-state index in [1.165, 1.54) is 4.90 Å². The summed E-state index contributed by atoms with van der Waals surface area (Å²) in [5, 5.41) is 7.12. The van der Waals surface area contributed by atoms with E-state index in [1.54, 1.807) is 31.3 Å². The zero-order valence-corrected chi connectivity index (χ0v) is 19.0. The summed E-state index contributed by atoms with van der Waals surface area (Å²) in [5.74, 6) is -3.62. The molecule has 1 aromatic rings. The minimum atomic E-state index is -5.08. The molecule has 0 saturated heterocycles. The number of amides is 1. The van der Waals surface area contributed by atoms with Crippen molar-refractivity contribution < 1.29 is 45.8 Å². The van der Waals surface area contributed by atoms with Gasteiger partial charge in [0.05, 0.1) is 12.0 Å². The predicted molar refractivity (Wildman–Crippen MR) is 112 cm³/mol. The molecule has 0 radical (unpaired) electrons. The number of aliphatic carboxylic acids is 1. The lowest BCUT2D eigenvalue weighted by Crippen LogP contribution is -2.48. The lowest BCUT2D eigenvalue weighted by atomic mass is 9.80. The first-order chi connectivity index (χ1) is 16.0. The van der Waals surface area contributed by atoms with E-state index in [-0.39, 0.29) is 37.6 Å². The van der Waals surface area contributed by atoms with E-state index in [9.17, 15) is 35.9 Å². The largest absolute Gasteiger partial charge is 0.490 e. The molecule has 13 heteroatoms. The Hall–Kier alpha value is -3.12. The predicted octanol–water partition coefficient (Wildman–Crippen LogP) is 3.95. The summed E-state index contributed by atoms with van der Waals surface area (Å²) in [7, 11) is 1.55. The molecule has 7 nitrogen and oxygen atoms in total. The number of Topliss-reactive ketones (excluding diaryl/α,β-unsaturated/α-hetero) is 1. The average molecular weight is 509 g/mol. The number of carboxylic acid groups (broad SMARTS) is 1. The van der Waals surface area contributed by atoms with Gasteiger partial charge in [0.25, 0.3) is 0 Å². The van der Waals surface area contributed by atoms with E-state index in [0.29, 0.717) is 17.5 Å². The number of guanidine groups is 1. The van der Waals surface area contributed by atoms with Gasteiger partial charge in [0, 0.05) is 13.5 Å². The van der Waals surface area contributed by atoms with Crippen LogP contribution >= 0.6 is 0 Å². The Bertz CT molecular complexity index is 1020. The number of nitrogens with two attached hydrogens (primary N) is 1. The van der Waals surface area contributed by atoms with E-state index < -0.39 is 35.1 Å². The second kappa shape index (κ2) is 9.86. The summed E-state index contributed by atoms with van der Waals surface area (Å²) in [4.78, 5) is 39.5. The summed E-state index contributed by atoms with van der Waals surface area (Å²) in [6, 6.07) is 6.80. The highest BCUT2D eigenvalue weighted by molar-refractivity contribution is 5.98. The number of benzene rings is 1. The van der Waals surface area contributed by atoms with Crippen LogP contribution in [0.5, 0.6) is 0 Å². The van der Waals surface area contributed by atoms with Crippen LogP contribution in [-0.4, -0.2) is 53.0 Å². The van der Waals surface area contributed by atoms with Crippen LogP contribution in [0.15, 0.2) is 29.3 Å². The summed E-state index contributed by atoms with van der Waals surface area (Å²) in [6.07, 6.45) is -8.73. The third-order valence-corrected chi connectivity index (χ3v) is 6.05. The number of halogens is 6. The molecule has 1 aliphatic carbocycles. The number of alkyl halides is 6. The number of hydrogen-bond acceptors (Lipinski definition) is 5. The van der Waals surface area contributed by atoms with Gasteiger partial charge in [-0.3, -0.25) is 14.5 Å². The normalized spacial score (nSPS) is 21.5. The number of rotatable bonds is 6. The van der Waals surface area contributed by atoms with Gasteiger partial charge in [-0.1, -0.05) is 37.6 Å². The maximum absolute atomic E-state index is 13.2. The number of hydrogen-bond donors (Lipinski definition) is 2. The molecule has 1 heterocycles. The lowest BCUT2D eigenvalue weighted by molar-refractivity contribution is -0.193. The third-order valence-electron chi connectivity index (χ3n) is 6.05. The molecule has 0 aromatic heterocycles. The molecular weight excluding hydrogens is 484 g/mol. The lowest BCUT2D eigenvalue weighted by Gasteiger charge is -2.36. The van der Waals surface area contributed by atoms with Gasteiger partial charge in [0.15, 0.2) is 11.7 Å². The van der Waals surface area contributed by atoms with Crippen molar-refractivity contribution in [2.24, 2.45) is 16.1 Å². The molecular formula is C22H25F6N3O4. The molecule has 0 unspecified atom stereocenters. The van der Waals surface area contributed by atoms with Crippen molar-refractivity contribution in [1.29, 1.82) is 0 Å². The van der Waals surface area contributed by atoms with Crippen molar-refractivity contribution in [1.82, 2.24) is 4.90 Å². The Morgan fingerprint density at radius 1 is 1.17 bits per heavy atom. The molecule has 194 valence electrons. The number of nitrogens with zero attached hydrogens (tertiary/aromatic N) is 2. The summed E-state index contributed by atoms with van der Waals surface area (Å²) in [6.45, 7) is 1.96. The first kappa shape index (κ1) is 28.1. The monoisotopic (exact) mass is 509 g/mol. The van der Waals surface area contributed by atoms with Crippen molar-refractivity contribution in [3.63, 3.8) is 0 Å². The van der Waals surface area contributed by atoms with Crippen LogP contribution in [-0.2, 0) is 26.3 Å². The van der Waals surface area contributed by atoms with Crippen molar-refractivity contribution in [2.45, 2.75) is 63.3 Å². The fourth-order valence-corrected chi connectivity index (χ4v) is 3.87. The van der Waals surface area contributed by atoms with E-state index in [1.807, 2.05) is 6.92 Å². The molecule has 2 aliphatic rings. The Morgan fingerprint density at radius 2 is 1.74 bits per heavy atom. The van der Waals surface area contributed by atoms with Crippen LogP contribution in [0, 0.1) is 5.41 Å². The van der Waals surface area contributed by atoms with Crippen molar-refractivity contribution in [3.8, 4) is 0 Å². The molecule has 3 N–H and O–H groups in total. The zero-order chi connectivity index (χ0) is 26.8. The van der Waals surface area contributed by atoms with Crippen LogP contribution in [0.2, 0.25) is 0 Å². The Labute approximate surface area is 197 Å². The number of carbonyl (C=O) groups is 3. The van der Waals surface area contributed by atoms with E-state index >= 15 is 0 Å². The van der Waals surface area contributed by atoms with Crippen LogP contribution < -0.4 is 5.73 Å². The summed E-state index contributed by atoms with van der Waals surface area (Å²) >= 11 is 0. The smallest absolute Gasteiger partial charge is 0.475 e. The van der Waals surface area contributed by atoms with E-state index in [2.05, 4.69) is 4.99 Å². The van der Waals surface area contributed by atoms with E-state index in [4.69, 9.17) is 15.6 Å². The maximum Gasteiger partial charge on any atom is 0.490 e. The van der Waals surface area contributed by atoms with Gasteiger partial charge in [-0.15, -0.1) is 0 Å². The standard InChI is InChI=1S/C20H24F3N3O2.C2HF3O2/c1-3-7-19(12-16(28)26(2)17(24)25-19)14-6-4-5-13(10-14)11-15(27)18(8-9-18)20(21,22)23;3-2(4,5)1(6)7/h4-6,10H,3,7-9,11-12H2,1-2H3,(H2,24,25);(H,6,7)/t19-;/m0./s1. The number of carbonyl (C=O) groups excluding carboxylic acids is 2. The fraction of sp³-hybridized carbons (Fsp3) is 0.545. The Balaban J connectivity index is 0.000000540. The highest BCUT2D eigenvalue weighted by Crippen LogP contribution is 2.58. The topological polar surface area (TPSA) is 113 Å². The molecule has 1 aromatic carbocycles. The second-order valence-corrected chi connectivity index (χ2v) is 8.56. The molecule has 35 heavy (non-hydrogen) atoms. The highest BCUT2D eigenvalue weighted by Gasteiger charge is 2.67. The molecule has 1 saturated carbocycles. The van der Waals surface area contributed by atoms with Gasteiger partial charge in [-0.2, -0.15) is 26.3 Å². The van der Waals surface area contributed by atoms with Gasteiger partial charge in [0.2, 0.25) is 5.91 Å². The number of ketones is 1. The molecule has 1 aliphatic heterocycles. The fourth-order valence-electron chi connectivity index (χ4n) is 3.87. The molecule has 1 atom stereocenters. The van der Waals surface area contributed by atoms with Gasteiger partial charge < -0.3 is 10.8 Å². The summed E-state index contributed by atoms with van der Waals surface area (Å²) < 4.78 is 71.4. The van der Waals surface area contributed by atoms with Gasteiger partial charge in [-0.05, 0) is 30.4 Å². The Kier molecular flexibility index (Phi) is 7.92. The van der Waals surface area contributed by atoms with Crippen molar-refractivity contribution in [3.05, 3.63) is 35.4 Å². The second-order valence-electron chi connectivity index (χ2n) is 8.56. The average Bonchev–Trinajstić information content (AvgIpc) is 3.54. The van der Waals surface area contributed by atoms with E-state index in [0.717, 1.165) is 6.42 Å².